The minimum absolute atomic E-state index is 0.147. The van der Waals surface area contributed by atoms with E-state index < -0.39 is 18.5 Å². The van der Waals surface area contributed by atoms with Gasteiger partial charge in [0.1, 0.15) is 5.75 Å². The third-order valence-electron chi connectivity index (χ3n) is 10.3. The highest BCUT2D eigenvalue weighted by Gasteiger charge is 2.72. The molecule has 0 radical (unpaired) electrons. The van der Waals surface area contributed by atoms with Gasteiger partial charge >= 0.3 is 6.09 Å². The lowest BCUT2D eigenvalue weighted by Gasteiger charge is -2.67. The van der Waals surface area contributed by atoms with Gasteiger partial charge in [-0.3, -0.25) is 4.90 Å². The van der Waals surface area contributed by atoms with E-state index in [0.717, 1.165) is 47.8 Å². The fraction of sp³-hybridized carbons (Fsp3) is 0.690. The number of aliphatic hydroxyl groups excluding tert-OH is 2. The second kappa shape index (κ2) is 8.70. The lowest BCUT2D eigenvalue weighted by atomic mass is 9.48. The molecule has 2 aromatic rings. The number of aliphatic hydroxyl groups is 2. The van der Waals surface area contributed by atoms with Crippen molar-refractivity contribution in [1.82, 2.24) is 9.47 Å². The maximum atomic E-state index is 13.4. The molecule has 1 aromatic carbocycles. The molecule has 8 atom stereocenters. The van der Waals surface area contributed by atoms with Crippen LogP contribution in [0, 0.1) is 17.3 Å². The van der Waals surface area contributed by atoms with Crippen molar-refractivity contribution >= 4 is 17.0 Å². The molecule has 5 aliphatic rings. The highest BCUT2D eigenvalue weighted by Crippen LogP contribution is 2.72. The monoisotopic (exact) mass is 510 g/mol. The van der Waals surface area contributed by atoms with Gasteiger partial charge in [-0.25, -0.2) is 9.36 Å². The zero-order valence-corrected chi connectivity index (χ0v) is 21.8. The van der Waals surface area contributed by atoms with Crippen molar-refractivity contribution in [3.05, 3.63) is 29.5 Å². The molecule has 2 saturated carbocycles. The quantitative estimate of drug-likeness (QED) is 0.634. The number of rotatable bonds is 5. The number of ether oxygens (including phenoxy) is 3. The summed E-state index contributed by atoms with van der Waals surface area (Å²) in [5, 5.41) is 20.8. The molecule has 1 aromatic heterocycles. The van der Waals surface area contributed by atoms with Gasteiger partial charge in [0.15, 0.2) is 0 Å². The second-order valence-electron chi connectivity index (χ2n) is 11.8. The van der Waals surface area contributed by atoms with Gasteiger partial charge in [-0.2, -0.15) is 0 Å². The van der Waals surface area contributed by atoms with Gasteiger partial charge < -0.3 is 24.4 Å². The number of hydrogen-bond donors (Lipinski definition) is 2. The van der Waals surface area contributed by atoms with Crippen molar-refractivity contribution in [2.45, 2.75) is 82.8 Å². The largest absolute Gasteiger partial charge is 0.465 e. The Morgan fingerprint density at radius 2 is 2.08 bits per heavy atom. The first-order valence-electron chi connectivity index (χ1n) is 14.2. The van der Waals surface area contributed by atoms with E-state index >= 15 is 0 Å². The molecule has 2 aliphatic carbocycles. The topological polar surface area (TPSA) is 93.4 Å². The summed E-state index contributed by atoms with van der Waals surface area (Å²) in [4.78, 5) is 16.1. The van der Waals surface area contributed by atoms with Crippen molar-refractivity contribution in [2.24, 2.45) is 17.3 Å². The Morgan fingerprint density at radius 1 is 1.22 bits per heavy atom. The SMILES string of the molecule is CCOC(=O)n1c2c(c3cc(OC4CC(O)CC(CO)O4)ccc31)CCN1CC34C(CC)CC3CC2C14. The first-order valence-corrected chi connectivity index (χ1v) is 14.2. The number of aromatic nitrogens is 1. The third-order valence-corrected chi connectivity index (χ3v) is 10.3. The maximum Gasteiger partial charge on any atom is 0.418 e. The highest BCUT2D eigenvalue weighted by molar-refractivity contribution is 5.95. The summed E-state index contributed by atoms with van der Waals surface area (Å²) >= 11 is 0. The molecule has 3 aliphatic heterocycles. The van der Waals surface area contributed by atoms with Crippen molar-refractivity contribution in [3.63, 3.8) is 0 Å². The van der Waals surface area contributed by atoms with Crippen LogP contribution in [0.4, 0.5) is 4.79 Å². The normalized spacial score (nSPS) is 38.1. The van der Waals surface area contributed by atoms with Crippen LogP contribution in [0.3, 0.4) is 0 Å². The van der Waals surface area contributed by atoms with Gasteiger partial charge in [0.2, 0.25) is 6.29 Å². The van der Waals surface area contributed by atoms with Crippen molar-refractivity contribution in [3.8, 4) is 5.75 Å². The van der Waals surface area contributed by atoms with Crippen LogP contribution in [-0.4, -0.2) is 76.6 Å². The number of carbonyl (C=O) groups is 1. The Kier molecular flexibility index (Phi) is 5.63. The van der Waals surface area contributed by atoms with Crippen molar-refractivity contribution in [2.75, 3.05) is 26.3 Å². The molecular weight excluding hydrogens is 472 g/mol. The zero-order valence-electron chi connectivity index (χ0n) is 21.8. The van der Waals surface area contributed by atoms with Crippen molar-refractivity contribution < 1.29 is 29.2 Å². The molecule has 0 bridgehead atoms. The zero-order chi connectivity index (χ0) is 25.5. The lowest BCUT2D eigenvalue weighted by Crippen LogP contribution is -2.72. The van der Waals surface area contributed by atoms with E-state index in [1.165, 1.54) is 24.9 Å². The number of carbonyl (C=O) groups excluding carboxylic acids is 1. The molecule has 4 fully saturated rings. The lowest BCUT2D eigenvalue weighted by molar-refractivity contribution is -0.184. The first-order chi connectivity index (χ1) is 18.0. The number of nitrogens with zero attached hydrogens (tertiary/aromatic N) is 2. The van der Waals surface area contributed by atoms with Crippen LogP contribution in [-0.2, 0) is 15.9 Å². The summed E-state index contributed by atoms with van der Waals surface area (Å²) in [6.07, 6.45) is 3.48. The predicted octanol–water partition coefficient (Wildman–Crippen LogP) is 3.64. The van der Waals surface area contributed by atoms with Gasteiger partial charge in [-0.1, -0.05) is 13.3 Å². The van der Waals surface area contributed by atoms with Gasteiger partial charge in [0.05, 0.1) is 30.9 Å². The van der Waals surface area contributed by atoms with Gasteiger partial charge in [0.25, 0.3) is 0 Å². The van der Waals surface area contributed by atoms with E-state index in [9.17, 15) is 15.0 Å². The minimum atomic E-state index is -0.623. The fourth-order valence-electron chi connectivity index (χ4n) is 8.89. The van der Waals surface area contributed by atoms with Gasteiger partial charge in [-0.15, -0.1) is 0 Å². The molecule has 8 unspecified atom stereocenters. The minimum Gasteiger partial charge on any atom is -0.465 e. The Hall–Kier alpha value is -2.13. The van der Waals surface area contributed by atoms with E-state index in [1.54, 1.807) is 0 Å². The van der Waals surface area contributed by atoms with Gasteiger partial charge in [0, 0.05) is 54.4 Å². The van der Waals surface area contributed by atoms with Crippen LogP contribution in [0.1, 0.15) is 63.1 Å². The molecule has 8 nitrogen and oxygen atoms in total. The van der Waals surface area contributed by atoms with Crippen LogP contribution in [0.2, 0.25) is 0 Å². The summed E-state index contributed by atoms with van der Waals surface area (Å²) in [7, 11) is 0. The molecule has 1 spiro atoms. The maximum absolute atomic E-state index is 13.4. The number of fused-ring (bicyclic) bond motifs is 4. The van der Waals surface area contributed by atoms with E-state index in [2.05, 4.69) is 11.8 Å². The van der Waals surface area contributed by atoms with E-state index in [4.69, 9.17) is 14.2 Å². The molecule has 37 heavy (non-hydrogen) atoms. The Balaban J connectivity index is 1.29. The summed E-state index contributed by atoms with van der Waals surface area (Å²) in [6, 6.07) is 6.39. The molecule has 4 heterocycles. The van der Waals surface area contributed by atoms with Crippen LogP contribution >= 0.6 is 0 Å². The fourth-order valence-corrected chi connectivity index (χ4v) is 8.89. The van der Waals surface area contributed by atoms with Crippen LogP contribution in [0.25, 0.3) is 10.9 Å². The first kappa shape index (κ1) is 23.9. The highest BCUT2D eigenvalue weighted by atomic mass is 16.7. The molecule has 200 valence electrons. The summed E-state index contributed by atoms with van der Waals surface area (Å²) < 4.78 is 19.5. The molecule has 0 amide bonds. The molecule has 7 rings (SSSR count). The Bertz CT molecular complexity index is 1230. The summed E-state index contributed by atoms with van der Waals surface area (Å²) in [5.41, 5.74) is 3.72. The molecule has 2 N–H and O–H groups in total. The molecule has 2 saturated heterocycles. The van der Waals surface area contributed by atoms with E-state index in [-0.39, 0.29) is 12.7 Å². The van der Waals surface area contributed by atoms with Crippen LogP contribution in [0.5, 0.6) is 5.75 Å². The average molecular weight is 511 g/mol. The third kappa shape index (κ3) is 3.32. The van der Waals surface area contributed by atoms with E-state index in [0.29, 0.717) is 42.6 Å². The van der Waals surface area contributed by atoms with Crippen molar-refractivity contribution in [1.29, 1.82) is 0 Å². The standard InChI is InChI=1S/C29H38N2O6/c1-3-16-9-17-10-23-26-21(7-8-30-15-29(16,17)27(23)30)22-13-19(5-6-24(22)31(26)28(34)35-4-2)36-25-12-18(33)11-20(14-32)37-25/h5-6,13,16-18,20,23,25,27,32-33H,3-4,7-12,14-15H2,1-2H3. The molecule has 8 heteroatoms. The number of benzene rings is 1. The smallest absolute Gasteiger partial charge is 0.418 e. The second-order valence-corrected chi connectivity index (χ2v) is 11.8. The molecular formula is C29H38N2O6. The van der Waals surface area contributed by atoms with Crippen LogP contribution < -0.4 is 4.74 Å². The summed E-state index contributed by atoms with van der Waals surface area (Å²) in [5.74, 6) is 2.56. The Labute approximate surface area is 217 Å². The van der Waals surface area contributed by atoms with Gasteiger partial charge in [-0.05, 0) is 61.8 Å². The number of hydrogen-bond acceptors (Lipinski definition) is 7. The Morgan fingerprint density at radius 3 is 2.86 bits per heavy atom. The average Bonchev–Trinajstić information content (AvgIpc) is 3.22. The predicted molar refractivity (Wildman–Crippen MR) is 137 cm³/mol. The van der Waals surface area contributed by atoms with E-state index in [1.807, 2.05) is 29.7 Å². The summed E-state index contributed by atoms with van der Waals surface area (Å²) in [6.45, 7) is 6.61. The van der Waals surface area contributed by atoms with Crippen LogP contribution in [0.15, 0.2) is 18.2 Å².